The third kappa shape index (κ3) is 2.07. The lowest BCUT2D eigenvalue weighted by molar-refractivity contribution is 1.12. The predicted molar refractivity (Wildman–Crippen MR) is 49.9 cm³/mol. The molecule has 1 aromatic carbocycles. The van der Waals surface area contributed by atoms with Crippen LogP contribution in [0.5, 0.6) is 0 Å². The molecule has 0 radical (unpaired) electrons. The summed E-state index contributed by atoms with van der Waals surface area (Å²) in [5.41, 5.74) is 2.58. The highest BCUT2D eigenvalue weighted by Crippen LogP contribution is 2.12. The van der Waals surface area contributed by atoms with Crippen LogP contribution < -0.4 is 0 Å². The lowest BCUT2D eigenvalue weighted by Gasteiger charge is -2.01. The second kappa shape index (κ2) is 4.28. The highest BCUT2D eigenvalue weighted by Gasteiger charge is 2.01. The van der Waals surface area contributed by atoms with Crippen LogP contribution in [0.1, 0.15) is 23.6 Å². The van der Waals surface area contributed by atoms with E-state index in [9.17, 15) is 0 Å². The Bertz CT molecular complexity index is 380. The number of hydrogen-bond donors (Lipinski definition) is 0. The number of rotatable bonds is 2. The van der Waals surface area contributed by atoms with Gasteiger partial charge in [0.15, 0.2) is 0 Å². The minimum Gasteiger partial charge on any atom is -0.198 e. The second-order valence-corrected chi connectivity index (χ2v) is 2.79. The molecule has 0 saturated carbocycles. The Kier molecular flexibility index (Phi) is 3.06. The van der Waals surface area contributed by atoms with Crippen LogP contribution in [0.2, 0.25) is 0 Å². The van der Waals surface area contributed by atoms with Gasteiger partial charge in [-0.3, -0.25) is 0 Å². The van der Waals surface area contributed by atoms with Gasteiger partial charge in [0.2, 0.25) is 0 Å². The summed E-state index contributed by atoms with van der Waals surface area (Å²) in [4.78, 5) is 0. The van der Waals surface area contributed by atoms with Crippen LogP contribution in [0.15, 0.2) is 18.2 Å². The number of nitriles is 2. The standard InChI is InChI=1S/C11H10N2/c1-2-9-3-4-10(5-6-12)11(7-9)8-13/h3-4,7H,2,5H2,1H3. The van der Waals surface area contributed by atoms with E-state index in [2.05, 4.69) is 6.07 Å². The Morgan fingerprint density at radius 2 is 2.08 bits per heavy atom. The molecule has 0 N–H and O–H groups in total. The molecule has 2 nitrogen and oxygen atoms in total. The smallest absolute Gasteiger partial charge is 0.0994 e. The third-order valence-corrected chi connectivity index (χ3v) is 1.97. The fourth-order valence-corrected chi connectivity index (χ4v) is 1.19. The second-order valence-electron chi connectivity index (χ2n) is 2.79. The van der Waals surface area contributed by atoms with Crippen molar-refractivity contribution in [2.75, 3.05) is 0 Å². The van der Waals surface area contributed by atoms with Crippen LogP contribution >= 0.6 is 0 Å². The van der Waals surface area contributed by atoms with Gasteiger partial charge in [0.05, 0.1) is 24.1 Å². The Morgan fingerprint density at radius 1 is 1.31 bits per heavy atom. The molecule has 64 valence electrons. The molecule has 0 saturated heterocycles. The van der Waals surface area contributed by atoms with Crippen LogP contribution in [-0.4, -0.2) is 0 Å². The molecule has 0 amide bonds. The summed E-state index contributed by atoms with van der Waals surface area (Å²) in [5.74, 6) is 0. The van der Waals surface area contributed by atoms with Crippen molar-refractivity contribution < 1.29 is 0 Å². The molecular weight excluding hydrogens is 160 g/mol. The minimum atomic E-state index is 0.312. The average molecular weight is 170 g/mol. The lowest BCUT2D eigenvalue weighted by Crippen LogP contribution is -1.90. The van der Waals surface area contributed by atoms with Gasteiger partial charge >= 0.3 is 0 Å². The molecule has 0 bridgehead atoms. The Hall–Kier alpha value is -1.80. The van der Waals surface area contributed by atoms with Crippen LogP contribution in [0, 0.1) is 22.7 Å². The van der Waals surface area contributed by atoms with E-state index in [1.54, 1.807) is 0 Å². The van der Waals surface area contributed by atoms with Gasteiger partial charge in [-0.1, -0.05) is 19.1 Å². The van der Waals surface area contributed by atoms with E-state index in [4.69, 9.17) is 10.5 Å². The maximum absolute atomic E-state index is 8.81. The lowest BCUT2D eigenvalue weighted by atomic mass is 10.0. The van der Waals surface area contributed by atoms with Gasteiger partial charge in [0.1, 0.15) is 0 Å². The fraction of sp³-hybridized carbons (Fsp3) is 0.273. The van der Waals surface area contributed by atoms with Gasteiger partial charge < -0.3 is 0 Å². The largest absolute Gasteiger partial charge is 0.198 e. The molecule has 0 spiro atoms. The molecule has 0 atom stereocenters. The van der Waals surface area contributed by atoms with Crippen LogP contribution in [0.3, 0.4) is 0 Å². The van der Waals surface area contributed by atoms with Crippen molar-refractivity contribution in [2.24, 2.45) is 0 Å². The Morgan fingerprint density at radius 3 is 2.62 bits per heavy atom. The molecule has 1 rings (SSSR count). The number of nitrogens with zero attached hydrogens (tertiary/aromatic N) is 2. The normalized spacial score (nSPS) is 8.85. The summed E-state index contributed by atoms with van der Waals surface area (Å²) in [6, 6.07) is 9.83. The van der Waals surface area contributed by atoms with E-state index in [0.29, 0.717) is 12.0 Å². The van der Waals surface area contributed by atoms with Gasteiger partial charge in [-0.15, -0.1) is 0 Å². The Balaban J connectivity index is 3.11. The van der Waals surface area contributed by atoms with Gasteiger partial charge in [-0.25, -0.2) is 0 Å². The van der Waals surface area contributed by atoms with E-state index in [1.807, 2.05) is 31.2 Å². The zero-order valence-electron chi connectivity index (χ0n) is 7.54. The third-order valence-electron chi connectivity index (χ3n) is 1.97. The molecule has 0 heterocycles. The van der Waals surface area contributed by atoms with Crippen molar-refractivity contribution in [1.29, 1.82) is 10.5 Å². The highest BCUT2D eigenvalue weighted by atomic mass is 14.3. The van der Waals surface area contributed by atoms with E-state index in [0.717, 1.165) is 17.5 Å². The monoisotopic (exact) mass is 170 g/mol. The predicted octanol–water partition coefficient (Wildman–Crippen LogP) is 2.19. The van der Waals surface area contributed by atoms with Crippen LogP contribution in [0.25, 0.3) is 0 Å². The fourth-order valence-electron chi connectivity index (χ4n) is 1.19. The highest BCUT2D eigenvalue weighted by molar-refractivity contribution is 5.41. The maximum Gasteiger partial charge on any atom is 0.0994 e. The molecule has 0 aliphatic carbocycles. The molecule has 0 unspecified atom stereocenters. The van der Waals surface area contributed by atoms with Gasteiger partial charge in [0.25, 0.3) is 0 Å². The summed E-state index contributed by atoms with van der Waals surface area (Å²) >= 11 is 0. The zero-order chi connectivity index (χ0) is 9.68. The van der Waals surface area contributed by atoms with Crippen molar-refractivity contribution >= 4 is 0 Å². The summed E-state index contributed by atoms with van der Waals surface area (Å²) in [7, 11) is 0. The average Bonchev–Trinajstić information content (AvgIpc) is 2.19. The molecule has 0 fully saturated rings. The van der Waals surface area contributed by atoms with Crippen molar-refractivity contribution in [1.82, 2.24) is 0 Å². The van der Waals surface area contributed by atoms with Crippen molar-refractivity contribution in [3.8, 4) is 12.1 Å². The maximum atomic E-state index is 8.81. The van der Waals surface area contributed by atoms with E-state index in [-0.39, 0.29) is 0 Å². The quantitative estimate of drug-likeness (QED) is 0.683. The van der Waals surface area contributed by atoms with Gasteiger partial charge in [-0.05, 0) is 23.6 Å². The van der Waals surface area contributed by atoms with Crippen molar-refractivity contribution in [3.63, 3.8) is 0 Å². The SMILES string of the molecule is CCc1ccc(CC#N)c(C#N)c1. The molecule has 2 heteroatoms. The van der Waals surface area contributed by atoms with E-state index in [1.165, 1.54) is 0 Å². The van der Waals surface area contributed by atoms with E-state index < -0.39 is 0 Å². The topological polar surface area (TPSA) is 47.6 Å². The van der Waals surface area contributed by atoms with Crippen LogP contribution in [0.4, 0.5) is 0 Å². The molecule has 13 heavy (non-hydrogen) atoms. The van der Waals surface area contributed by atoms with Crippen LogP contribution in [-0.2, 0) is 12.8 Å². The first-order valence-electron chi connectivity index (χ1n) is 4.20. The van der Waals surface area contributed by atoms with Crippen molar-refractivity contribution in [3.05, 3.63) is 34.9 Å². The molecule has 0 aliphatic rings. The summed E-state index contributed by atoms with van der Waals surface area (Å²) < 4.78 is 0. The molecule has 0 aliphatic heterocycles. The number of aryl methyl sites for hydroxylation is 1. The first-order valence-corrected chi connectivity index (χ1v) is 4.20. The van der Waals surface area contributed by atoms with Gasteiger partial charge in [-0.2, -0.15) is 10.5 Å². The first-order chi connectivity index (χ1) is 6.31. The zero-order valence-corrected chi connectivity index (χ0v) is 7.54. The van der Waals surface area contributed by atoms with E-state index >= 15 is 0 Å². The molecular formula is C11H10N2. The Labute approximate surface area is 78.0 Å². The minimum absolute atomic E-state index is 0.312. The summed E-state index contributed by atoms with van der Waals surface area (Å²) in [6.45, 7) is 2.04. The van der Waals surface area contributed by atoms with Crippen molar-refractivity contribution in [2.45, 2.75) is 19.8 Å². The summed E-state index contributed by atoms with van der Waals surface area (Å²) in [6.07, 6.45) is 1.23. The summed E-state index contributed by atoms with van der Waals surface area (Å²) in [5, 5.41) is 17.3. The first kappa shape index (κ1) is 9.29. The number of hydrogen-bond acceptors (Lipinski definition) is 2. The molecule has 1 aromatic rings. The molecule has 0 aromatic heterocycles. The van der Waals surface area contributed by atoms with Gasteiger partial charge in [0, 0.05) is 0 Å². The number of benzene rings is 1.